The topological polar surface area (TPSA) is 204 Å². The van der Waals surface area contributed by atoms with Crippen molar-refractivity contribution in [1.82, 2.24) is 0 Å². The van der Waals surface area contributed by atoms with E-state index < -0.39 is 110 Å². The highest BCUT2D eigenvalue weighted by Crippen LogP contribution is 2.43. The second-order valence-corrected chi connectivity index (χ2v) is 11.1. The molecule has 3 saturated heterocycles. The molecule has 17 nitrogen and oxygen atoms in total. The fourth-order valence-electron chi connectivity index (χ4n) is 5.54. The van der Waals surface area contributed by atoms with Crippen LogP contribution >= 0.6 is 0 Å². The maximum Gasteiger partial charge on any atom is 0.303 e. The first kappa shape index (κ1) is 36.7. The molecule has 0 radical (unpaired) electrons. The van der Waals surface area contributed by atoms with E-state index in [4.69, 9.17) is 52.1 Å². The molecule has 0 N–H and O–H groups in total. The van der Waals surface area contributed by atoms with Gasteiger partial charge in [0.2, 0.25) is 12.1 Å². The summed E-state index contributed by atoms with van der Waals surface area (Å²) in [6, 6.07) is 8.90. The summed E-state index contributed by atoms with van der Waals surface area (Å²) in [5.74, 6) is -7.17. The zero-order valence-corrected chi connectivity index (χ0v) is 27.1. The predicted molar refractivity (Wildman–Crippen MR) is 153 cm³/mol. The average molecular weight is 683 g/mol. The van der Waals surface area contributed by atoms with Gasteiger partial charge in [-0.25, -0.2) is 0 Å². The van der Waals surface area contributed by atoms with E-state index in [0.29, 0.717) is 5.56 Å². The number of esters is 6. The van der Waals surface area contributed by atoms with E-state index in [2.05, 4.69) is 0 Å². The van der Waals surface area contributed by atoms with Crippen LogP contribution < -0.4 is 0 Å². The van der Waals surface area contributed by atoms with Crippen molar-refractivity contribution in [2.75, 3.05) is 19.8 Å². The van der Waals surface area contributed by atoms with Gasteiger partial charge in [0.1, 0.15) is 31.5 Å². The largest absolute Gasteiger partial charge is 0.463 e. The summed E-state index contributed by atoms with van der Waals surface area (Å²) >= 11 is 0. The van der Waals surface area contributed by atoms with Gasteiger partial charge in [-0.1, -0.05) is 30.3 Å². The van der Waals surface area contributed by atoms with Crippen LogP contribution in [0.25, 0.3) is 0 Å². The van der Waals surface area contributed by atoms with Gasteiger partial charge in [0.25, 0.3) is 0 Å². The maximum atomic E-state index is 12.4. The minimum Gasteiger partial charge on any atom is -0.463 e. The summed E-state index contributed by atoms with van der Waals surface area (Å²) in [5.41, 5.74) is 0.652. The van der Waals surface area contributed by atoms with Crippen LogP contribution in [0.3, 0.4) is 0 Å². The van der Waals surface area contributed by atoms with Crippen molar-refractivity contribution in [1.29, 1.82) is 0 Å². The first-order valence-electron chi connectivity index (χ1n) is 15.0. The standard InChI is InChI=1S/C31H38O17/c1-15(32)38-13-23-25(41-17(3)34)28(44-20(6)37)31(47-23,14-40-16(2)33)48-30-27(43-19(5)36)26(42-18(4)35)24-22(45-30)12-39-29(46-24)21-10-8-7-9-11-21/h7-11,22-30H,12-14H2,1-6H3/t22-,23+,24-,25+,26+,27-,28-,29?,30-,31-/m1/s1. The van der Waals surface area contributed by atoms with Crippen LogP contribution in [-0.4, -0.2) is 110 Å². The second-order valence-electron chi connectivity index (χ2n) is 11.1. The molecule has 3 aliphatic rings. The molecular weight excluding hydrogens is 644 g/mol. The van der Waals surface area contributed by atoms with Crippen molar-refractivity contribution in [3.8, 4) is 0 Å². The zero-order chi connectivity index (χ0) is 35.2. The molecule has 0 aromatic heterocycles. The van der Waals surface area contributed by atoms with Crippen molar-refractivity contribution < 1.29 is 80.9 Å². The third-order valence-electron chi connectivity index (χ3n) is 7.25. The smallest absolute Gasteiger partial charge is 0.303 e. The molecule has 0 saturated carbocycles. The minimum atomic E-state index is -2.35. The molecule has 264 valence electrons. The van der Waals surface area contributed by atoms with E-state index in [1.54, 1.807) is 24.3 Å². The Morgan fingerprint density at radius 3 is 1.88 bits per heavy atom. The van der Waals surface area contributed by atoms with E-state index in [-0.39, 0.29) is 6.61 Å². The summed E-state index contributed by atoms with van der Waals surface area (Å²) in [5, 5.41) is 0. The van der Waals surface area contributed by atoms with Gasteiger partial charge in [0.15, 0.2) is 30.7 Å². The number of rotatable bonds is 11. The van der Waals surface area contributed by atoms with Crippen LogP contribution in [-0.2, 0) is 80.9 Å². The monoisotopic (exact) mass is 682 g/mol. The Balaban J connectivity index is 1.77. The zero-order valence-electron chi connectivity index (χ0n) is 27.1. The second kappa shape index (κ2) is 15.8. The number of fused-ring (bicyclic) bond motifs is 1. The number of carbonyl (C=O) groups is 6. The molecule has 0 amide bonds. The Morgan fingerprint density at radius 1 is 0.708 bits per heavy atom. The van der Waals surface area contributed by atoms with Gasteiger partial charge in [-0.05, 0) is 0 Å². The number of benzene rings is 1. The summed E-state index contributed by atoms with van der Waals surface area (Å²) in [6.07, 6.45) is -12.1. The molecule has 1 unspecified atom stereocenters. The normalized spacial score (nSPS) is 32.6. The number of hydrogen-bond donors (Lipinski definition) is 0. The number of ether oxygens (including phenoxy) is 11. The Hall–Kier alpha value is -4.16. The van der Waals surface area contributed by atoms with Gasteiger partial charge in [0.05, 0.1) is 6.61 Å². The van der Waals surface area contributed by atoms with Crippen LogP contribution in [0.2, 0.25) is 0 Å². The van der Waals surface area contributed by atoms with Crippen molar-refractivity contribution in [2.45, 2.75) is 103 Å². The molecule has 0 bridgehead atoms. The highest BCUT2D eigenvalue weighted by molar-refractivity contribution is 5.69. The third-order valence-corrected chi connectivity index (χ3v) is 7.25. The van der Waals surface area contributed by atoms with Crippen LogP contribution in [0.15, 0.2) is 30.3 Å². The van der Waals surface area contributed by atoms with Crippen LogP contribution in [0.4, 0.5) is 0 Å². The lowest BCUT2D eigenvalue weighted by Crippen LogP contribution is -2.66. The highest BCUT2D eigenvalue weighted by Gasteiger charge is 2.65. The Bertz CT molecular complexity index is 1350. The van der Waals surface area contributed by atoms with E-state index in [1.807, 2.05) is 6.07 Å². The Morgan fingerprint density at radius 2 is 1.29 bits per heavy atom. The fraction of sp³-hybridized carbons (Fsp3) is 0.613. The lowest BCUT2D eigenvalue weighted by molar-refractivity contribution is -0.406. The molecule has 1 aromatic rings. The summed E-state index contributed by atoms with van der Waals surface area (Å²) in [7, 11) is 0. The molecule has 10 atom stereocenters. The molecule has 3 heterocycles. The predicted octanol–water partition coefficient (Wildman–Crippen LogP) is 0.790. The summed E-state index contributed by atoms with van der Waals surface area (Å²) < 4.78 is 63.3. The highest BCUT2D eigenvalue weighted by atomic mass is 16.8. The number of hydrogen-bond acceptors (Lipinski definition) is 17. The SMILES string of the molecule is CC(=O)OC[C@@H]1O[C@](COC(C)=O)(O[C@H]2O[C@@H]3COC(c4ccccc4)O[C@H]3[C@H](OC(C)=O)[C@H]2OC(C)=O)[C@H](OC(C)=O)[C@H]1OC(C)=O. The first-order chi connectivity index (χ1) is 22.7. The van der Waals surface area contributed by atoms with Crippen LogP contribution in [0.5, 0.6) is 0 Å². The van der Waals surface area contributed by atoms with E-state index in [0.717, 1.165) is 41.5 Å². The molecule has 0 spiro atoms. The third kappa shape index (κ3) is 9.04. The molecule has 0 aliphatic carbocycles. The van der Waals surface area contributed by atoms with Crippen molar-refractivity contribution in [2.24, 2.45) is 0 Å². The lowest BCUT2D eigenvalue weighted by Gasteiger charge is -2.49. The molecule has 17 heteroatoms. The minimum absolute atomic E-state index is 0.120. The number of carbonyl (C=O) groups excluding carboxylic acids is 6. The van der Waals surface area contributed by atoms with Crippen molar-refractivity contribution >= 4 is 35.8 Å². The summed E-state index contributed by atoms with van der Waals surface area (Å²) in [6.45, 7) is 5.16. The summed E-state index contributed by atoms with van der Waals surface area (Å²) in [4.78, 5) is 73.1. The maximum absolute atomic E-state index is 12.4. The van der Waals surface area contributed by atoms with Crippen LogP contribution in [0.1, 0.15) is 53.4 Å². The molecule has 4 rings (SSSR count). The molecular formula is C31H38O17. The molecule has 1 aromatic carbocycles. The Labute approximate surface area is 275 Å². The van der Waals surface area contributed by atoms with Gasteiger partial charge in [0, 0.05) is 47.1 Å². The van der Waals surface area contributed by atoms with E-state index >= 15 is 0 Å². The van der Waals surface area contributed by atoms with Gasteiger partial charge in [-0.2, -0.15) is 0 Å². The lowest BCUT2D eigenvalue weighted by atomic mass is 9.96. The van der Waals surface area contributed by atoms with E-state index in [9.17, 15) is 28.8 Å². The molecule has 3 fully saturated rings. The quantitative estimate of drug-likeness (QED) is 0.234. The van der Waals surface area contributed by atoms with Crippen LogP contribution in [0, 0.1) is 0 Å². The van der Waals surface area contributed by atoms with Gasteiger partial charge < -0.3 is 52.1 Å². The average Bonchev–Trinajstić information content (AvgIpc) is 3.27. The van der Waals surface area contributed by atoms with Gasteiger partial charge >= 0.3 is 35.8 Å². The van der Waals surface area contributed by atoms with Crippen molar-refractivity contribution in [3.63, 3.8) is 0 Å². The van der Waals surface area contributed by atoms with E-state index in [1.165, 1.54) is 0 Å². The molecule has 48 heavy (non-hydrogen) atoms. The van der Waals surface area contributed by atoms with Gasteiger partial charge in [-0.3, -0.25) is 28.8 Å². The molecule has 3 aliphatic heterocycles. The Kier molecular flexibility index (Phi) is 12.1. The van der Waals surface area contributed by atoms with Crippen molar-refractivity contribution in [3.05, 3.63) is 35.9 Å². The fourth-order valence-corrected chi connectivity index (χ4v) is 5.54. The first-order valence-corrected chi connectivity index (χ1v) is 15.0. The van der Waals surface area contributed by atoms with Gasteiger partial charge in [-0.15, -0.1) is 0 Å².